The lowest BCUT2D eigenvalue weighted by Gasteiger charge is -2.18. The molecule has 0 fully saturated rings. The molecule has 0 amide bonds. The van der Waals surface area contributed by atoms with Crippen LogP contribution in [0.2, 0.25) is 0 Å². The number of rotatable bonds is 5. The summed E-state index contributed by atoms with van der Waals surface area (Å²) in [7, 11) is 3.14. The second-order valence-electron chi connectivity index (χ2n) is 4.08. The number of aryl methyl sites for hydroxylation is 1. The first-order valence-electron chi connectivity index (χ1n) is 6.11. The van der Waals surface area contributed by atoms with Crippen molar-refractivity contribution < 1.29 is 14.6 Å². The van der Waals surface area contributed by atoms with E-state index in [1.54, 1.807) is 38.9 Å². The molecule has 1 aromatic heterocycles. The van der Waals surface area contributed by atoms with Crippen molar-refractivity contribution in [2.75, 3.05) is 14.2 Å². The molecule has 0 saturated heterocycles. The minimum atomic E-state index is -0.839. The van der Waals surface area contributed by atoms with Crippen LogP contribution in [0.5, 0.6) is 11.5 Å². The van der Waals surface area contributed by atoms with Crippen LogP contribution in [0.25, 0.3) is 0 Å². The molecule has 0 spiro atoms. The number of aliphatic hydroxyl groups excluding tert-OH is 1. The van der Waals surface area contributed by atoms with Gasteiger partial charge in [-0.3, -0.25) is 0 Å². The average Bonchev–Trinajstić information content (AvgIpc) is 2.93. The van der Waals surface area contributed by atoms with Crippen molar-refractivity contribution in [1.29, 1.82) is 0 Å². The Morgan fingerprint density at radius 3 is 2.42 bits per heavy atom. The summed E-state index contributed by atoms with van der Waals surface area (Å²) in [5.41, 5.74) is 1.33. The summed E-state index contributed by atoms with van der Waals surface area (Å²) in [6, 6.07) is 5.42. The van der Waals surface area contributed by atoms with Gasteiger partial charge in [-0.05, 0) is 19.1 Å². The van der Waals surface area contributed by atoms with Gasteiger partial charge in [0.2, 0.25) is 0 Å². The van der Waals surface area contributed by atoms with Gasteiger partial charge in [0.1, 0.15) is 17.6 Å². The zero-order valence-electron chi connectivity index (χ0n) is 11.3. The van der Waals surface area contributed by atoms with Crippen molar-refractivity contribution in [2.45, 2.75) is 19.6 Å². The Morgan fingerprint density at radius 2 is 1.89 bits per heavy atom. The zero-order chi connectivity index (χ0) is 13.8. The van der Waals surface area contributed by atoms with Gasteiger partial charge in [0.25, 0.3) is 0 Å². The maximum atomic E-state index is 10.6. The number of aromatic nitrogens is 2. The van der Waals surface area contributed by atoms with Gasteiger partial charge in [0, 0.05) is 6.54 Å². The van der Waals surface area contributed by atoms with Crippen LogP contribution >= 0.6 is 0 Å². The topological polar surface area (TPSA) is 56.5 Å². The molecule has 1 unspecified atom stereocenters. The number of benzene rings is 1. The highest BCUT2D eigenvalue weighted by atomic mass is 16.5. The minimum absolute atomic E-state index is 0.593. The Balaban J connectivity index is 2.51. The summed E-state index contributed by atoms with van der Waals surface area (Å²) in [4.78, 5) is 4.07. The smallest absolute Gasteiger partial charge is 0.128 e. The van der Waals surface area contributed by atoms with Crippen molar-refractivity contribution in [2.24, 2.45) is 0 Å². The van der Waals surface area contributed by atoms with Crippen LogP contribution in [0.15, 0.2) is 30.7 Å². The van der Waals surface area contributed by atoms with Crippen LogP contribution < -0.4 is 9.47 Å². The first-order chi connectivity index (χ1) is 9.22. The van der Waals surface area contributed by atoms with Gasteiger partial charge in [-0.25, -0.2) is 4.98 Å². The molecule has 2 aromatic rings. The van der Waals surface area contributed by atoms with Gasteiger partial charge >= 0.3 is 0 Å². The largest absolute Gasteiger partial charge is 0.496 e. The summed E-state index contributed by atoms with van der Waals surface area (Å²) in [5.74, 6) is 1.19. The summed E-state index contributed by atoms with van der Waals surface area (Å²) in [6.45, 7) is 2.74. The van der Waals surface area contributed by atoms with E-state index in [4.69, 9.17) is 9.47 Å². The summed E-state index contributed by atoms with van der Waals surface area (Å²) in [6.07, 6.45) is 2.51. The number of methoxy groups -OCH3 is 2. The Bertz CT molecular complexity index is 529. The van der Waals surface area contributed by atoms with Crippen molar-refractivity contribution >= 4 is 0 Å². The van der Waals surface area contributed by atoms with Crippen LogP contribution in [0, 0.1) is 0 Å². The van der Waals surface area contributed by atoms with Crippen molar-refractivity contribution in [1.82, 2.24) is 9.55 Å². The Kier molecular flexibility index (Phi) is 4.06. The predicted molar refractivity (Wildman–Crippen MR) is 71.5 cm³/mol. The molecule has 1 N–H and O–H groups in total. The highest BCUT2D eigenvalue weighted by Crippen LogP contribution is 2.37. The van der Waals surface area contributed by atoms with E-state index in [1.165, 1.54) is 0 Å². The standard InChI is InChI=1S/C14H18N2O3/c1-4-16-9-15-8-10(16)14(17)13-11(18-2)6-5-7-12(13)19-3/h5-9,14,17H,4H2,1-3H3. The molecule has 1 atom stereocenters. The Morgan fingerprint density at radius 1 is 1.26 bits per heavy atom. The molecule has 0 aliphatic carbocycles. The first kappa shape index (κ1) is 13.4. The lowest BCUT2D eigenvalue weighted by Crippen LogP contribution is -2.09. The van der Waals surface area contributed by atoms with Gasteiger partial charge in [-0.15, -0.1) is 0 Å². The highest BCUT2D eigenvalue weighted by molar-refractivity contribution is 5.48. The molecule has 0 bridgehead atoms. The molecular formula is C14H18N2O3. The molecule has 5 nitrogen and oxygen atoms in total. The van der Waals surface area contributed by atoms with Crippen molar-refractivity contribution in [3.63, 3.8) is 0 Å². The molecule has 0 aliphatic heterocycles. The van der Waals surface area contributed by atoms with Crippen LogP contribution in [0.1, 0.15) is 24.3 Å². The molecule has 102 valence electrons. The third-order valence-corrected chi connectivity index (χ3v) is 3.10. The fraction of sp³-hybridized carbons (Fsp3) is 0.357. The van der Waals surface area contributed by atoms with E-state index in [9.17, 15) is 5.11 Å². The third-order valence-electron chi connectivity index (χ3n) is 3.10. The van der Waals surface area contributed by atoms with Crippen LogP contribution in [-0.4, -0.2) is 28.9 Å². The van der Waals surface area contributed by atoms with Gasteiger partial charge in [-0.2, -0.15) is 0 Å². The summed E-state index contributed by atoms with van der Waals surface area (Å²) in [5, 5.41) is 10.6. The predicted octanol–water partition coefficient (Wildman–Crippen LogP) is 2.00. The fourth-order valence-electron chi connectivity index (χ4n) is 2.12. The molecule has 5 heteroatoms. The summed E-state index contributed by atoms with van der Waals surface area (Å²) >= 11 is 0. The van der Waals surface area contributed by atoms with Gasteiger partial charge in [0.15, 0.2) is 0 Å². The molecule has 0 saturated carbocycles. The molecule has 1 heterocycles. The highest BCUT2D eigenvalue weighted by Gasteiger charge is 2.22. The van der Waals surface area contributed by atoms with E-state index >= 15 is 0 Å². The monoisotopic (exact) mass is 262 g/mol. The number of ether oxygens (including phenoxy) is 2. The Labute approximate surface area is 112 Å². The maximum Gasteiger partial charge on any atom is 0.128 e. The lowest BCUT2D eigenvalue weighted by molar-refractivity contribution is 0.199. The second-order valence-corrected chi connectivity index (χ2v) is 4.08. The Hall–Kier alpha value is -2.01. The van der Waals surface area contributed by atoms with E-state index in [2.05, 4.69) is 4.98 Å². The van der Waals surface area contributed by atoms with Crippen LogP contribution in [-0.2, 0) is 6.54 Å². The molecule has 0 radical (unpaired) electrons. The van der Waals surface area contributed by atoms with E-state index in [0.717, 1.165) is 6.54 Å². The maximum absolute atomic E-state index is 10.6. The van der Waals surface area contributed by atoms with E-state index in [-0.39, 0.29) is 0 Å². The molecule has 1 aromatic carbocycles. The fourth-order valence-corrected chi connectivity index (χ4v) is 2.12. The quantitative estimate of drug-likeness (QED) is 0.895. The zero-order valence-corrected chi connectivity index (χ0v) is 11.3. The van der Waals surface area contributed by atoms with Gasteiger partial charge in [0.05, 0.1) is 38.0 Å². The number of imidazole rings is 1. The second kappa shape index (κ2) is 5.75. The average molecular weight is 262 g/mol. The molecular weight excluding hydrogens is 244 g/mol. The van der Waals surface area contributed by atoms with E-state index in [0.29, 0.717) is 22.8 Å². The number of hydrogen-bond donors (Lipinski definition) is 1. The van der Waals surface area contributed by atoms with Gasteiger partial charge < -0.3 is 19.1 Å². The number of hydrogen-bond acceptors (Lipinski definition) is 4. The minimum Gasteiger partial charge on any atom is -0.496 e. The normalized spacial score (nSPS) is 12.2. The SMILES string of the molecule is CCn1cncc1C(O)c1c(OC)cccc1OC. The van der Waals surface area contributed by atoms with Crippen molar-refractivity contribution in [3.05, 3.63) is 42.0 Å². The molecule has 0 aliphatic rings. The van der Waals surface area contributed by atoms with Crippen molar-refractivity contribution in [3.8, 4) is 11.5 Å². The van der Waals surface area contributed by atoms with Crippen LogP contribution in [0.3, 0.4) is 0 Å². The van der Waals surface area contributed by atoms with E-state index in [1.807, 2.05) is 17.6 Å². The summed E-state index contributed by atoms with van der Waals surface area (Å²) < 4.78 is 12.5. The first-order valence-corrected chi connectivity index (χ1v) is 6.11. The molecule has 2 rings (SSSR count). The number of aliphatic hydroxyl groups is 1. The van der Waals surface area contributed by atoms with E-state index < -0.39 is 6.10 Å². The third kappa shape index (κ3) is 2.42. The number of nitrogens with zero attached hydrogens (tertiary/aromatic N) is 2. The van der Waals surface area contributed by atoms with Crippen LogP contribution in [0.4, 0.5) is 0 Å². The lowest BCUT2D eigenvalue weighted by atomic mass is 10.0. The van der Waals surface area contributed by atoms with Gasteiger partial charge in [-0.1, -0.05) is 6.07 Å². The molecule has 19 heavy (non-hydrogen) atoms.